The highest BCUT2D eigenvalue weighted by atomic mass is 32.2. The number of aliphatic hydroxyl groups is 1. The fourth-order valence-electron chi connectivity index (χ4n) is 2.15. The van der Waals surface area contributed by atoms with Gasteiger partial charge in [0.2, 0.25) is 10.0 Å². The Bertz CT molecular complexity index is 559. The summed E-state index contributed by atoms with van der Waals surface area (Å²) in [5.41, 5.74) is 1.29. The van der Waals surface area contributed by atoms with Crippen molar-refractivity contribution in [3.63, 3.8) is 0 Å². The molecule has 0 saturated heterocycles. The summed E-state index contributed by atoms with van der Waals surface area (Å²) in [5, 5.41) is 9.21. The van der Waals surface area contributed by atoms with E-state index in [-0.39, 0.29) is 12.0 Å². The van der Waals surface area contributed by atoms with Crippen LogP contribution in [0.5, 0.6) is 0 Å². The lowest BCUT2D eigenvalue weighted by Gasteiger charge is -2.27. The first-order valence-corrected chi connectivity index (χ1v) is 8.25. The van der Waals surface area contributed by atoms with Crippen LogP contribution in [-0.4, -0.2) is 31.4 Å². The summed E-state index contributed by atoms with van der Waals surface area (Å²) in [4.78, 5) is 0.304. The molecular weight excluding hydrogens is 274 g/mol. The van der Waals surface area contributed by atoms with Crippen molar-refractivity contribution in [1.29, 1.82) is 0 Å². The van der Waals surface area contributed by atoms with Crippen LogP contribution >= 0.6 is 0 Å². The average molecular weight is 299 g/mol. The van der Waals surface area contributed by atoms with Crippen molar-refractivity contribution in [1.82, 2.24) is 4.31 Å². The van der Waals surface area contributed by atoms with Crippen LogP contribution in [0.4, 0.5) is 0 Å². The largest absolute Gasteiger partial charge is 0.392 e. The van der Waals surface area contributed by atoms with Crippen molar-refractivity contribution in [2.24, 2.45) is 5.41 Å². The van der Waals surface area contributed by atoms with Crippen LogP contribution in [0.15, 0.2) is 23.1 Å². The van der Waals surface area contributed by atoms with Crippen LogP contribution in [0, 0.1) is 5.41 Å². The maximum absolute atomic E-state index is 12.7. The summed E-state index contributed by atoms with van der Waals surface area (Å²) >= 11 is 0. The monoisotopic (exact) mass is 299 g/mol. The third kappa shape index (κ3) is 4.04. The first-order valence-electron chi connectivity index (χ1n) is 6.81. The Morgan fingerprint density at radius 1 is 1.25 bits per heavy atom. The number of benzene rings is 1. The maximum atomic E-state index is 12.7. The summed E-state index contributed by atoms with van der Waals surface area (Å²) in [6, 6.07) is 5.12. The summed E-state index contributed by atoms with van der Waals surface area (Å²) in [6.45, 7) is 8.23. The second-order valence-electron chi connectivity index (χ2n) is 6.28. The summed E-state index contributed by atoms with van der Waals surface area (Å²) < 4.78 is 26.8. The minimum Gasteiger partial charge on any atom is -0.392 e. The quantitative estimate of drug-likeness (QED) is 0.908. The average Bonchev–Trinajstić information content (AvgIpc) is 2.35. The molecule has 0 bridgehead atoms. The third-order valence-electron chi connectivity index (χ3n) is 3.08. The van der Waals surface area contributed by atoms with Gasteiger partial charge in [0.25, 0.3) is 0 Å². The number of hydrogen-bond donors (Lipinski definition) is 1. The highest BCUT2D eigenvalue weighted by molar-refractivity contribution is 7.89. The van der Waals surface area contributed by atoms with Gasteiger partial charge >= 0.3 is 0 Å². The fourth-order valence-corrected chi connectivity index (χ4v) is 3.89. The highest BCUT2D eigenvalue weighted by Gasteiger charge is 2.27. The van der Waals surface area contributed by atoms with Crippen molar-refractivity contribution < 1.29 is 13.5 Å². The van der Waals surface area contributed by atoms with E-state index in [4.69, 9.17) is 0 Å². The Balaban J connectivity index is 3.26. The molecule has 5 heteroatoms. The molecule has 0 heterocycles. The SMILES string of the molecule is CCc1ccc(CO)cc1S(=O)(=O)N(C)CC(C)(C)C. The van der Waals surface area contributed by atoms with Crippen LogP contribution < -0.4 is 0 Å². The van der Waals surface area contributed by atoms with Gasteiger partial charge in [-0.15, -0.1) is 0 Å². The molecule has 0 aliphatic rings. The lowest BCUT2D eigenvalue weighted by Crippen LogP contribution is -2.35. The Morgan fingerprint density at radius 2 is 1.85 bits per heavy atom. The van der Waals surface area contributed by atoms with Gasteiger partial charge < -0.3 is 5.11 Å². The van der Waals surface area contributed by atoms with E-state index in [0.717, 1.165) is 5.56 Å². The number of rotatable bonds is 5. The standard InChI is InChI=1S/C15H25NO3S/c1-6-13-8-7-12(10-17)9-14(13)20(18,19)16(5)11-15(2,3)4/h7-9,17H,6,10-11H2,1-5H3. The molecule has 0 radical (unpaired) electrons. The molecule has 0 aliphatic heterocycles. The summed E-state index contributed by atoms with van der Waals surface area (Å²) in [6.07, 6.45) is 0.642. The smallest absolute Gasteiger partial charge is 0.243 e. The molecule has 1 aromatic carbocycles. The Labute approximate surface area is 122 Å². The molecule has 1 rings (SSSR count). The van der Waals surface area contributed by atoms with Gasteiger partial charge in [-0.2, -0.15) is 0 Å². The van der Waals surface area contributed by atoms with E-state index in [1.54, 1.807) is 25.2 Å². The summed E-state index contributed by atoms with van der Waals surface area (Å²) in [5.74, 6) is 0. The van der Waals surface area contributed by atoms with Gasteiger partial charge in [-0.25, -0.2) is 12.7 Å². The van der Waals surface area contributed by atoms with Crippen molar-refractivity contribution in [2.75, 3.05) is 13.6 Å². The van der Waals surface area contributed by atoms with Crippen LogP contribution in [0.2, 0.25) is 0 Å². The lowest BCUT2D eigenvalue weighted by atomic mass is 9.97. The van der Waals surface area contributed by atoms with Crippen LogP contribution in [0.1, 0.15) is 38.8 Å². The minimum atomic E-state index is -3.53. The van der Waals surface area contributed by atoms with E-state index >= 15 is 0 Å². The van der Waals surface area contributed by atoms with Gasteiger partial charge in [0.05, 0.1) is 11.5 Å². The van der Waals surface area contributed by atoms with E-state index in [1.165, 1.54) is 4.31 Å². The number of nitrogens with zero attached hydrogens (tertiary/aromatic N) is 1. The number of hydrogen-bond acceptors (Lipinski definition) is 3. The molecule has 0 spiro atoms. The Hall–Kier alpha value is -0.910. The first-order chi connectivity index (χ1) is 9.11. The second kappa shape index (κ2) is 6.24. The number of aryl methyl sites for hydroxylation is 1. The topological polar surface area (TPSA) is 57.6 Å². The third-order valence-corrected chi connectivity index (χ3v) is 4.97. The molecule has 114 valence electrons. The molecule has 0 atom stereocenters. The molecular formula is C15H25NO3S. The fraction of sp³-hybridized carbons (Fsp3) is 0.600. The molecule has 0 aromatic heterocycles. The van der Waals surface area contributed by atoms with Gasteiger partial charge in [0.1, 0.15) is 0 Å². The lowest BCUT2D eigenvalue weighted by molar-refractivity contribution is 0.281. The van der Waals surface area contributed by atoms with E-state index < -0.39 is 10.0 Å². The van der Waals surface area contributed by atoms with E-state index in [1.807, 2.05) is 27.7 Å². The number of sulfonamides is 1. The first kappa shape index (κ1) is 17.1. The van der Waals surface area contributed by atoms with E-state index in [0.29, 0.717) is 23.4 Å². The predicted octanol–water partition coefficient (Wildman–Crippen LogP) is 2.41. The van der Waals surface area contributed by atoms with Crippen molar-refractivity contribution in [2.45, 2.75) is 45.6 Å². The molecule has 0 fully saturated rings. The molecule has 0 saturated carbocycles. The van der Waals surface area contributed by atoms with E-state index in [2.05, 4.69) is 0 Å². The van der Waals surface area contributed by atoms with Gasteiger partial charge in [-0.05, 0) is 29.0 Å². The molecule has 0 aliphatic carbocycles. The van der Waals surface area contributed by atoms with Gasteiger partial charge in [0, 0.05) is 13.6 Å². The Kier molecular flexibility index (Phi) is 5.35. The Morgan fingerprint density at radius 3 is 2.30 bits per heavy atom. The van der Waals surface area contributed by atoms with Gasteiger partial charge in [0.15, 0.2) is 0 Å². The normalized spacial score (nSPS) is 12.9. The summed E-state index contributed by atoms with van der Waals surface area (Å²) in [7, 11) is -1.92. The van der Waals surface area contributed by atoms with Crippen LogP contribution in [0.3, 0.4) is 0 Å². The molecule has 1 N–H and O–H groups in total. The molecule has 4 nitrogen and oxygen atoms in total. The minimum absolute atomic E-state index is 0.108. The maximum Gasteiger partial charge on any atom is 0.243 e. The zero-order valence-corrected chi connectivity index (χ0v) is 13.8. The van der Waals surface area contributed by atoms with Gasteiger partial charge in [-0.1, -0.05) is 39.8 Å². The second-order valence-corrected chi connectivity index (χ2v) is 8.29. The zero-order valence-electron chi connectivity index (χ0n) is 13.0. The molecule has 0 unspecified atom stereocenters. The van der Waals surface area contributed by atoms with Gasteiger partial charge in [-0.3, -0.25) is 0 Å². The van der Waals surface area contributed by atoms with E-state index in [9.17, 15) is 13.5 Å². The molecule has 20 heavy (non-hydrogen) atoms. The van der Waals surface area contributed by atoms with Crippen molar-refractivity contribution in [3.05, 3.63) is 29.3 Å². The molecule has 1 aromatic rings. The number of aliphatic hydroxyl groups excluding tert-OH is 1. The van der Waals surface area contributed by atoms with Crippen molar-refractivity contribution >= 4 is 10.0 Å². The zero-order chi connectivity index (χ0) is 15.6. The highest BCUT2D eigenvalue weighted by Crippen LogP contribution is 2.25. The van der Waals surface area contributed by atoms with Crippen LogP contribution in [0.25, 0.3) is 0 Å². The van der Waals surface area contributed by atoms with Crippen molar-refractivity contribution in [3.8, 4) is 0 Å². The van der Waals surface area contributed by atoms with Crippen LogP contribution in [-0.2, 0) is 23.1 Å². The predicted molar refractivity (Wildman–Crippen MR) is 81.0 cm³/mol. The molecule has 0 amide bonds.